The topological polar surface area (TPSA) is 34.9 Å². The van der Waals surface area contributed by atoms with Crippen molar-refractivity contribution in [2.75, 3.05) is 0 Å². The molecule has 0 amide bonds. The molecule has 3 nitrogen and oxygen atoms in total. The van der Waals surface area contributed by atoms with Crippen molar-refractivity contribution in [3.63, 3.8) is 0 Å². The molecule has 0 saturated carbocycles. The number of hydrogen-bond acceptors (Lipinski definition) is 2. The summed E-state index contributed by atoms with van der Waals surface area (Å²) in [6.07, 6.45) is 1.41. The van der Waals surface area contributed by atoms with Gasteiger partial charge in [-0.2, -0.15) is 5.10 Å². The number of carbonyl (C=O) groups excluding carboxylic acids is 1. The van der Waals surface area contributed by atoms with Crippen LogP contribution in [0.15, 0.2) is 54.6 Å². The molecule has 24 heavy (non-hydrogen) atoms. The Balaban J connectivity index is 1.82. The standard InChI is InChI=1S/C21H20N2O/c1-14-7-6-10-18(11-14)23-19-12-17(16-8-4-3-5-9-16)13-20(24)21(19)15(2)22-23/h3-11,17H,12-13H2,1-2H3/t17-/m1/s1. The van der Waals surface area contributed by atoms with Crippen molar-refractivity contribution in [1.29, 1.82) is 0 Å². The first-order valence-corrected chi connectivity index (χ1v) is 8.37. The molecule has 0 unspecified atom stereocenters. The highest BCUT2D eigenvalue weighted by atomic mass is 16.1. The summed E-state index contributed by atoms with van der Waals surface area (Å²) >= 11 is 0. The van der Waals surface area contributed by atoms with Crippen LogP contribution in [0.2, 0.25) is 0 Å². The molecule has 3 heteroatoms. The number of hydrogen-bond donors (Lipinski definition) is 0. The van der Waals surface area contributed by atoms with Crippen LogP contribution in [0.25, 0.3) is 5.69 Å². The lowest BCUT2D eigenvalue weighted by molar-refractivity contribution is 0.0963. The van der Waals surface area contributed by atoms with E-state index in [4.69, 9.17) is 0 Å². The van der Waals surface area contributed by atoms with E-state index < -0.39 is 0 Å². The third kappa shape index (κ3) is 2.46. The number of ketones is 1. The molecule has 1 atom stereocenters. The Kier molecular flexibility index (Phi) is 3.57. The second kappa shape index (κ2) is 5.75. The predicted octanol–water partition coefficient (Wildman–Crippen LogP) is 4.40. The average Bonchev–Trinajstić information content (AvgIpc) is 2.93. The van der Waals surface area contributed by atoms with Gasteiger partial charge in [0, 0.05) is 6.42 Å². The zero-order valence-corrected chi connectivity index (χ0v) is 14.0. The maximum atomic E-state index is 12.7. The van der Waals surface area contributed by atoms with Crippen LogP contribution in [0.4, 0.5) is 0 Å². The molecule has 1 heterocycles. The van der Waals surface area contributed by atoms with Crippen molar-refractivity contribution in [3.05, 3.63) is 82.7 Å². The number of aromatic nitrogens is 2. The van der Waals surface area contributed by atoms with E-state index in [1.165, 1.54) is 11.1 Å². The molecule has 3 aromatic rings. The Labute approximate surface area is 141 Å². The maximum absolute atomic E-state index is 12.7. The molecule has 4 rings (SSSR count). The Hall–Kier alpha value is -2.68. The van der Waals surface area contributed by atoms with Crippen molar-refractivity contribution < 1.29 is 4.79 Å². The maximum Gasteiger partial charge on any atom is 0.167 e. The first-order valence-electron chi connectivity index (χ1n) is 8.37. The van der Waals surface area contributed by atoms with Crippen molar-refractivity contribution in [2.45, 2.75) is 32.6 Å². The van der Waals surface area contributed by atoms with Gasteiger partial charge in [0.2, 0.25) is 0 Å². The number of Topliss-reactive ketones (excluding diaryl/α,β-unsaturated/α-hetero) is 1. The summed E-state index contributed by atoms with van der Waals surface area (Å²) in [4.78, 5) is 12.7. The van der Waals surface area contributed by atoms with Crippen LogP contribution < -0.4 is 0 Å². The molecule has 0 N–H and O–H groups in total. The highest BCUT2D eigenvalue weighted by Gasteiger charge is 2.31. The minimum atomic E-state index is 0.210. The number of fused-ring (bicyclic) bond motifs is 1. The summed E-state index contributed by atoms with van der Waals surface area (Å²) in [7, 11) is 0. The Morgan fingerprint density at radius 2 is 1.79 bits per heavy atom. The summed E-state index contributed by atoms with van der Waals surface area (Å²) in [5, 5.41) is 4.68. The zero-order valence-electron chi connectivity index (χ0n) is 14.0. The van der Waals surface area contributed by atoms with E-state index in [2.05, 4.69) is 42.4 Å². The number of benzene rings is 2. The molecule has 0 fully saturated rings. The molecule has 120 valence electrons. The Bertz CT molecular complexity index is 909. The van der Waals surface area contributed by atoms with Gasteiger partial charge >= 0.3 is 0 Å². The van der Waals surface area contributed by atoms with Gasteiger partial charge in [-0.05, 0) is 49.4 Å². The predicted molar refractivity (Wildman–Crippen MR) is 94.9 cm³/mol. The van der Waals surface area contributed by atoms with Crippen LogP contribution in [0, 0.1) is 13.8 Å². The van der Waals surface area contributed by atoms with Gasteiger partial charge in [0.05, 0.1) is 22.6 Å². The smallest absolute Gasteiger partial charge is 0.167 e. The third-order valence-electron chi connectivity index (χ3n) is 4.82. The molecular weight excluding hydrogens is 296 g/mol. The van der Waals surface area contributed by atoms with Crippen LogP contribution in [0.1, 0.15) is 45.2 Å². The Morgan fingerprint density at radius 3 is 2.54 bits per heavy atom. The number of aryl methyl sites for hydroxylation is 2. The second-order valence-corrected chi connectivity index (χ2v) is 6.60. The molecule has 0 aliphatic heterocycles. The zero-order chi connectivity index (χ0) is 16.7. The SMILES string of the molecule is Cc1cccc(-n2nc(C)c3c2C[C@@H](c2ccccc2)CC3=O)c1. The van der Waals surface area contributed by atoms with Crippen molar-refractivity contribution in [2.24, 2.45) is 0 Å². The number of carbonyl (C=O) groups is 1. The molecule has 0 spiro atoms. The summed E-state index contributed by atoms with van der Waals surface area (Å²) < 4.78 is 1.96. The molecule has 0 bridgehead atoms. The average molecular weight is 316 g/mol. The Morgan fingerprint density at radius 1 is 1.00 bits per heavy atom. The largest absolute Gasteiger partial charge is 0.294 e. The first kappa shape index (κ1) is 14.9. The van der Waals surface area contributed by atoms with Gasteiger partial charge in [-0.25, -0.2) is 4.68 Å². The number of nitrogens with zero attached hydrogens (tertiary/aromatic N) is 2. The van der Waals surface area contributed by atoms with Crippen molar-refractivity contribution >= 4 is 5.78 Å². The normalized spacial score (nSPS) is 16.9. The van der Waals surface area contributed by atoms with Crippen molar-refractivity contribution in [3.8, 4) is 5.69 Å². The lowest BCUT2D eigenvalue weighted by Crippen LogP contribution is -2.20. The summed E-state index contributed by atoms with van der Waals surface area (Å²) in [5.74, 6) is 0.437. The molecule has 1 aliphatic rings. The fraction of sp³-hybridized carbons (Fsp3) is 0.238. The van der Waals surface area contributed by atoms with Gasteiger partial charge in [-0.15, -0.1) is 0 Å². The summed E-state index contributed by atoms with van der Waals surface area (Å²) in [5.41, 5.74) is 6.15. The third-order valence-corrected chi connectivity index (χ3v) is 4.82. The van der Waals surface area contributed by atoms with E-state index in [1.807, 2.05) is 35.9 Å². The number of rotatable bonds is 2. The van der Waals surface area contributed by atoms with Gasteiger partial charge in [-0.1, -0.05) is 42.5 Å². The minimum Gasteiger partial charge on any atom is -0.294 e. The van der Waals surface area contributed by atoms with Crippen LogP contribution in [0.3, 0.4) is 0 Å². The molecule has 1 aliphatic carbocycles. The van der Waals surface area contributed by atoms with E-state index in [0.29, 0.717) is 6.42 Å². The van der Waals surface area contributed by atoms with Gasteiger partial charge in [0.1, 0.15) is 0 Å². The van der Waals surface area contributed by atoms with E-state index >= 15 is 0 Å². The van der Waals surface area contributed by atoms with Crippen LogP contribution >= 0.6 is 0 Å². The second-order valence-electron chi connectivity index (χ2n) is 6.60. The summed E-state index contributed by atoms with van der Waals surface area (Å²) in [6.45, 7) is 4.01. The fourth-order valence-corrected chi connectivity index (χ4v) is 3.69. The van der Waals surface area contributed by atoms with Crippen LogP contribution in [-0.2, 0) is 6.42 Å². The van der Waals surface area contributed by atoms with E-state index in [0.717, 1.165) is 29.1 Å². The van der Waals surface area contributed by atoms with Gasteiger partial charge in [-0.3, -0.25) is 4.79 Å². The molecular formula is C21H20N2O. The van der Waals surface area contributed by atoms with Gasteiger partial charge in [0.15, 0.2) is 5.78 Å². The monoisotopic (exact) mass is 316 g/mol. The van der Waals surface area contributed by atoms with E-state index in [1.54, 1.807) is 0 Å². The van der Waals surface area contributed by atoms with Crippen LogP contribution in [-0.4, -0.2) is 15.6 Å². The first-order chi connectivity index (χ1) is 11.6. The molecule has 0 saturated heterocycles. The quantitative estimate of drug-likeness (QED) is 0.702. The lowest BCUT2D eigenvalue weighted by atomic mass is 9.81. The van der Waals surface area contributed by atoms with Gasteiger partial charge < -0.3 is 0 Å². The highest BCUT2D eigenvalue weighted by molar-refractivity contribution is 6.00. The van der Waals surface area contributed by atoms with Gasteiger partial charge in [0.25, 0.3) is 0 Å². The van der Waals surface area contributed by atoms with Crippen LogP contribution in [0.5, 0.6) is 0 Å². The summed E-state index contributed by atoms with van der Waals surface area (Å²) in [6, 6.07) is 18.6. The van der Waals surface area contributed by atoms with Crippen molar-refractivity contribution in [1.82, 2.24) is 9.78 Å². The highest BCUT2D eigenvalue weighted by Crippen LogP contribution is 2.35. The van der Waals surface area contributed by atoms with E-state index in [-0.39, 0.29) is 11.7 Å². The molecule has 1 aromatic heterocycles. The minimum absolute atomic E-state index is 0.210. The molecule has 2 aromatic carbocycles. The lowest BCUT2D eigenvalue weighted by Gasteiger charge is -2.23. The molecule has 0 radical (unpaired) electrons. The van der Waals surface area contributed by atoms with E-state index in [9.17, 15) is 4.79 Å². The fourth-order valence-electron chi connectivity index (χ4n) is 3.69.